The van der Waals surface area contributed by atoms with Crippen molar-refractivity contribution in [1.29, 1.82) is 0 Å². The number of nitrogens with zero attached hydrogens (tertiary/aromatic N) is 4. The first kappa shape index (κ1) is 116. The molecule has 5 aliphatic heterocycles. The fraction of sp³-hybridized carbons (Fsp3) is 0.732. The zero-order chi connectivity index (χ0) is 104. The number of aliphatic hydroxyl groups is 9. The van der Waals surface area contributed by atoms with E-state index in [2.05, 4.69) is 63.5 Å². The van der Waals surface area contributed by atoms with E-state index in [0.717, 1.165) is 42.4 Å². The van der Waals surface area contributed by atoms with Crippen molar-refractivity contribution in [1.82, 2.24) is 73.2 Å². The Hall–Kier alpha value is -11.7. The summed E-state index contributed by atoms with van der Waals surface area (Å²) in [6.07, 6.45) is -26.0. The van der Waals surface area contributed by atoms with Crippen LogP contribution in [0, 0.1) is 5.92 Å². The molecule has 5 fully saturated rings. The predicted octanol–water partition coefficient (Wildman–Crippen LogP) is -14.4. The predicted molar refractivity (Wildman–Crippen MR) is 469 cm³/mol. The lowest BCUT2D eigenvalue weighted by molar-refractivity contribution is -0.339. The molecule has 0 saturated carbocycles. The normalized spacial score (nSPS) is 23.9. The number of carbonyl (C=O) groups excluding carboxylic acids is 14. The average Bonchev–Trinajstić information content (AvgIpc) is 1.22. The van der Waals surface area contributed by atoms with E-state index >= 15 is 9.59 Å². The summed E-state index contributed by atoms with van der Waals surface area (Å²) in [5.41, 5.74) is 9.88. The van der Waals surface area contributed by atoms with E-state index in [0.29, 0.717) is 6.42 Å². The minimum Gasteiger partial charge on any atom is -0.488 e. The molecule has 5 aliphatic rings. The van der Waals surface area contributed by atoms with Gasteiger partial charge in [-0.15, -0.1) is 0 Å². The molecule has 0 bridgehead atoms. The summed E-state index contributed by atoms with van der Waals surface area (Å²) in [6, 6.07) is -23.5. The minimum atomic E-state index is -3.18. The number of likely N-dealkylation sites (tertiary alicyclic amines) is 3. The van der Waals surface area contributed by atoms with Crippen molar-refractivity contribution in [3.05, 3.63) is 20.4 Å². The SMILES string of the molecule is CCOc1c(NCCOCCOCCOCCC(=O)NCC(=O)N[C@H](C(=O)N[C@H](C(=O)N[C@@H](CO)C(=O)N[C@@H](C)C(=O)N2CCC[C@H]2C(=O)N[C@@H](CC(=O)O)C(=O)N[C@H](C(=O)N[C@@H](CCCN=C(N)N)C(=O)N2CCC[C@H]2C(=O)N[C@@H](C)C(=O)N2CCC[C@H]2C(=O)O)[C@@H](O)O[C@H]2O[C@H](CO[C@]3(C(=O)O)C[C@H](O)[C@@H](NC(C)=O)[C@H]([C@H](O)[C@H](O)CO)O3)[C@H](O)[C@H](O)[C@H]2NC(C)=O)[C@@H](C)O)C(C)C)c(=O)c1=O. The first-order valence-corrected chi connectivity index (χ1v) is 45.0. The summed E-state index contributed by atoms with van der Waals surface area (Å²) in [7, 11) is 0. The van der Waals surface area contributed by atoms with E-state index in [1.807, 2.05) is 5.32 Å². The molecule has 1 aromatic carbocycles. The number of aliphatic carboxylic acids is 3. The number of anilines is 1. The van der Waals surface area contributed by atoms with Gasteiger partial charge in [-0.25, -0.2) is 9.59 Å². The van der Waals surface area contributed by atoms with Gasteiger partial charge < -0.3 is 189 Å². The van der Waals surface area contributed by atoms with Crippen LogP contribution in [0.1, 0.15) is 126 Å². The number of rotatable bonds is 57. The number of amides is 14. The van der Waals surface area contributed by atoms with Crippen molar-refractivity contribution >= 4 is 112 Å². The fourth-order valence-electron chi connectivity index (χ4n) is 15.7. The Morgan fingerprint density at radius 3 is 1.67 bits per heavy atom. The van der Waals surface area contributed by atoms with Crippen LogP contribution in [0.15, 0.2) is 14.6 Å². The zero-order valence-electron chi connectivity index (χ0n) is 77.8. The Morgan fingerprint density at radius 1 is 0.583 bits per heavy atom. The molecule has 57 nitrogen and oxygen atoms in total. The third-order valence-electron chi connectivity index (χ3n) is 22.9. The first-order chi connectivity index (χ1) is 65.5. The summed E-state index contributed by atoms with van der Waals surface area (Å²) < 4.78 is 44.4. The Bertz CT molecular complexity index is 4520. The Kier molecular flexibility index (Phi) is 46.2. The molecule has 782 valence electrons. The molecule has 5 heterocycles. The van der Waals surface area contributed by atoms with Gasteiger partial charge in [0.25, 0.3) is 16.6 Å². The number of nitrogens with two attached hydrogens (primary N) is 2. The van der Waals surface area contributed by atoms with E-state index in [9.17, 15) is 143 Å². The number of carboxylic acids is 3. The molecule has 0 radical (unpaired) electrons. The van der Waals surface area contributed by atoms with Gasteiger partial charge in [0.1, 0.15) is 109 Å². The zero-order valence-corrected chi connectivity index (χ0v) is 77.8. The number of aliphatic hydroxyl groups excluding tert-OH is 9. The molecule has 6 rings (SSSR count). The number of aliphatic imine (C=N–C) groups is 1. The maximum absolute atomic E-state index is 15.3. The second kappa shape index (κ2) is 55.3. The quantitative estimate of drug-likeness (QED) is 0.00947. The summed E-state index contributed by atoms with van der Waals surface area (Å²) >= 11 is 0. The van der Waals surface area contributed by atoms with Crippen LogP contribution in [0.2, 0.25) is 0 Å². The highest BCUT2D eigenvalue weighted by Crippen LogP contribution is 2.36. The number of nitrogens with one attached hydrogen (secondary N) is 12. The lowest BCUT2D eigenvalue weighted by Gasteiger charge is -2.48. The van der Waals surface area contributed by atoms with E-state index in [1.165, 1.54) is 20.8 Å². The molecule has 24 atom stereocenters. The average molecular weight is 1990 g/mol. The van der Waals surface area contributed by atoms with Crippen LogP contribution in [0.3, 0.4) is 0 Å². The lowest BCUT2D eigenvalue weighted by atomic mass is 9.88. The highest BCUT2D eigenvalue weighted by atomic mass is 16.8. The van der Waals surface area contributed by atoms with E-state index < -0.39 is 315 Å². The number of guanidine groups is 1. The molecule has 1 aromatic rings. The standard InChI is InChI=1S/C82H130N18O39/c1-9-135-65-57(62(114)64(65)116)85-20-25-133-27-29-134-28-26-132-24-18-51(108)87-32-52(109)95-54(36(2)3)71(121)96-55(39(6)103)72(122)94-44(33-101)68(118)88-37(4)74(124)98-21-11-16-46(98)70(120)93-43(30-53(110)111)67(117)97-59(73(123)92-42(14-10-19-86-81(83)84)76(126)99-22-12-15-45(99)69(119)89-38(5)75(125)100-23-13-17-47(100)77(127)128)78(129)138-79-58(91-41(8)105)63(115)61(113)50(137-79)35-136-82(80(130)131)31-48(106)56(90-40(7)104)66(139-82)60(112)49(107)34-102/h36-39,42-50,54-56,58-61,63,66,78-79,85,101-103,106-107,112-113,115,129H,9-35H2,1-8H3,(H,87,108)(H,88,118)(H,89,119)(H,90,104)(H,91,105)(H,92,123)(H,93,120)(H,94,122)(H,95,109)(H,96,121)(H,97,117)(H,110,111)(H,127,128)(H,130,131)(H4,83,84,86)/t37-,38-,39+,42-,43-,44-,45-,46-,47-,48-,49+,50+,54-,55-,56+,58+,59+,60+,61-,63+,66+,78-,79+,82+/m0/s1. The van der Waals surface area contributed by atoms with Crippen LogP contribution < -0.4 is 90.9 Å². The van der Waals surface area contributed by atoms with Gasteiger partial charge in [-0.3, -0.25) is 86.5 Å². The largest absolute Gasteiger partial charge is 0.488 e. The van der Waals surface area contributed by atoms with Gasteiger partial charge in [-0.05, 0) is 85.0 Å². The number of carboxylic acid groups (broad SMARTS) is 3. The van der Waals surface area contributed by atoms with Crippen LogP contribution in [-0.2, 0) is 115 Å². The number of carbonyl (C=O) groups is 17. The van der Waals surface area contributed by atoms with E-state index in [-0.39, 0.29) is 135 Å². The van der Waals surface area contributed by atoms with Gasteiger partial charge in [-0.2, -0.15) is 0 Å². The van der Waals surface area contributed by atoms with E-state index in [4.69, 9.17) is 49.4 Å². The number of hydrogen-bond acceptors (Lipinski definition) is 38. The van der Waals surface area contributed by atoms with Crippen molar-refractivity contribution in [3.63, 3.8) is 0 Å². The Labute approximate surface area is 794 Å². The smallest absolute Gasteiger partial charge is 0.364 e. The molecule has 0 unspecified atom stereocenters. The van der Waals surface area contributed by atoms with Gasteiger partial charge in [0.15, 0.2) is 30.3 Å². The van der Waals surface area contributed by atoms with Gasteiger partial charge in [0, 0.05) is 59.4 Å². The van der Waals surface area contributed by atoms with Crippen molar-refractivity contribution in [2.24, 2.45) is 22.4 Å². The van der Waals surface area contributed by atoms with Crippen LogP contribution in [0.4, 0.5) is 5.69 Å². The second-order valence-corrected chi connectivity index (χ2v) is 33.8. The Balaban J connectivity index is 1.17. The van der Waals surface area contributed by atoms with Crippen LogP contribution >= 0.6 is 0 Å². The molecular weight excluding hydrogens is 1860 g/mol. The van der Waals surface area contributed by atoms with Gasteiger partial charge in [-0.1, -0.05) is 13.8 Å². The third kappa shape index (κ3) is 33.2. The van der Waals surface area contributed by atoms with Gasteiger partial charge in [0.2, 0.25) is 82.7 Å². The summed E-state index contributed by atoms with van der Waals surface area (Å²) in [6.45, 7) is 6.02. The molecule has 57 heteroatoms. The molecule has 5 saturated heterocycles. The summed E-state index contributed by atoms with van der Waals surface area (Å²) in [5, 5.41) is 158. The van der Waals surface area contributed by atoms with Crippen LogP contribution in [0.25, 0.3) is 0 Å². The van der Waals surface area contributed by atoms with Gasteiger partial charge in [0.05, 0.1) is 97.3 Å². The molecule has 0 aliphatic carbocycles. The second-order valence-electron chi connectivity index (χ2n) is 33.8. The van der Waals surface area contributed by atoms with Crippen molar-refractivity contribution in [3.8, 4) is 5.75 Å². The highest BCUT2D eigenvalue weighted by Gasteiger charge is 2.58. The third-order valence-corrected chi connectivity index (χ3v) is 22.9. The number of hydrogen-bond donors (Lipinski definition) is 26. The van der Waals surface area contributed by atoms with E-state index in [1.54, 1.807) is 6.92 Å². The highest BCUT2D eigenvalue weighted by molar-refractivity contribution is 6.01. The molecule has 139 heavy (non-hydrogen) atoms. The minimum absolute atomic E-state index is 0.00196. The van der Waals surface area contributed by atoms with Crippen LogP contribution in [0.5, 0.6) is 5.75 Å². The lowest BCUT2D eigenvalue weighted by Crippen LogP contribution is -2.69. The van der Waals surface area contributed by atoms with Crippen molar-refractivity contribution in [2.45, 2.75) is 272 Å². The van der Waals surface area contributed by atoms with Crippen LogP contribution in [-0.4, -0.2) is 434 Å². The maximum atomic E-state index is 15.3. The molecule has 0 spiro atoms. The Morgan fingerprint density at radius 2 is 1.12 bits per heavy atom. The molecule has 0 aromatic heterocycles. The fourth-order valence-corrected chi connectivity index (χ4v) is 15.7. The van der Waals surface area contributed by atoms with Crippen molar-refractivity contribution in [2.75, 3.05) is 111 Å². The number of ether oxygens (including phenoxy) is 8. The summed E-state index contributed by atoms with van der Waals surface area (Å²) in [5.74, 6) is -25.1. The monoisotopic (exact) mass is 1990 g/mol. The van der Waals surface area contributed by atoms with Gasteiger partial charge >= 0.3 is 17.9 Å². The van der Waals surface area contributed by atoms with Crippen molar-refractivity contribution < 1.29 is 181 Å². The summed E-state index contributed by atoms with van der Waals surface area (Å²) in [4.78, 5) is 263. The topological polar surface area (TPSA) is 859 Å². The first-order valence-electron chi connectivity index (χ1n) is 45.0. The molecular formula is C82H130N18O39. The molecule has 14 amide bonds. The maximum Gasteiger partial charge on any atom is 0.364 e. The molecule has 28 N–H and O–H groups in total.